The molecular weight excluding hydrogens is 381 g/mol. The van der Waals surface area contributed by atoms with Gasteiger partial charge < -0.3 is 9.64 Å². The summed E-state index contributed by atoms with van der Waals surface area (Å²) in [6.45, 7) is 1.65. The van der Waals surface area contributed by atoms with Crippen LogP contribution in [0.3, 0.4) is 0 Å². The topological polar surface area (TPSA) is 32.8 Å². The average molecular weight is 397 g/mol. The molecular formula is C19H16ClF3N2O2. The number of hydrogen-bond acceptors (Lipinski definition) is 4. The Bertz CT molecular complexity index is 870. The van der Waals surface area contributed by atoms with Crippen molar-refractivity contribution in [3.63, 3.8) is 0 Å². The first-order valence-corrected chi connectivity index (χ1v) is 8.57. The second-order valence-corrected chi connectivity index (χ2v) is 6.53. The molecule has 1 aliphatic heterocycles. The molecule has 1 fully saturated rings. The van der Waals surface area contributed by atoms with Gasteiger partial charge in [0.1, 0.15) is 11.6 Å². The standard InChI is InChI=1S/C19H16ClF3N2O2/c20-14-3-1-13(2-4-14)9-24-7-8-25(15(10-24)11-26)12-27-19-17(22)6-5-16(21)18(19)23/h1-6H,7-10,12H2. The van der Waals surface area contributed by atoms with E-state index in [9.17, 15) is 18.0 Å². The number of piperazine rings is 1. The lowest BCUT2D eigenvalue weighted by molar-refractivity contribution is 0.0956. The van der Waals surface area contributed by atoms with Gasteiger partial charge in [-0.25, -0.2) is 13.6 Å². The van der Waals surface area contributed by atoms with E-state index in [-0.39, 0.29) is 6.73 Å². The van der Waals surface area contributed by atoms with Gasteiger partial charge in [-0.15, -0.1) is 0 Å². The predicted molar refractivity (Wildman–Crippen MR) is 94.5 cm³/mol. The highest BCUT2D eigenvalue weighted by atomic mass is 35.5. The normalized spacial score (nSPS) is 15.0. The van der Waals surface area contributed by atoms with Crippen LogP contribution in [0.4, 0.5) is 13.2 Å². The minimum Gasteiger partial charge on any atom is -0.467 e. The molecule has 4 nitrogen and oxygen atoms in total. The lowest BCUT2D eigenvalue weighted by atomic mass is 10.2. The van der Waals surface area contributed by atoms with Gasteiger partial charge >= 0.3 is 0 Å². The number of halogens is 4. The predicted octanol–water partition coefficient (Wildman–Crippen LogP) is 3.63. The van der Waals surface area contributed by atoms with Crippen molar-refractivity contribution in [2.45, 2.75) is 6.54 Å². The fourth-order valence-corrected chi connectivity index (χ4v) is 2.92. The first-order valence-electron chi connectivity index (χ1n) is 8.20. The van der Waals surface area contributed by atoms with Crippen LogP contribution in [0.2, 0.25) is 5.02 Å². The van der Waals surface area contributed by atoms with Crippen LogP contribution < -0.4 is 4.74 Å². The maximum Gasteiger partial charge on any atom is 0.203 e. The van der Waals surface area contributed by atoms with Crippen molar-refractivity contribution < 1.29 is 22.7 Å². The summed E-state index contributed by atoms with van der Waals surface area (Å²) in [6, 6.07) is 8.85. The molecule has 0 radical (unpaired) electrons. The van der Waals surface area contributed by atoms with Crippen molar-refractivity contribution in [1.29, 1.82) is 0 Å². The van der Waals surface area contributed by atoms with Gasteiger partial charge in [-0.05, 0) is 29.8 Å². The van der Waals surface area contributed by atoms with Gasteiger partial charge in [-0.2, -0.15) is 4.39 Å². The fourth-order valence-electron chi connectivity index (χ4n) is 2.79. The molecule has 0 N–H and O–H groups in total. The summed E-state index contributed by atoms with van der Waals surface area (Å²) in [7, 11) is 0. The minimum atomic E-state index is -1.40. The Kier molecular flexibility index (Phi) is 6.06. The summed E-state index contributed by atoms with van der Waals surface area (Å²) >= 11 is 5.87. The maximum absolute atomic E-state index is 13.7. The molecule has 0 saturated carbocycles. The summed E-state index contributed by atoms with van der Waals surface area (Å²) in [5.74, 6) is -2.56. The molecule has 2 aromatic rings. The molecule has 0 aliphatic carbocycles. The molecule has 27 heavy (non-hydrogen) atoms. The monoisotopic (exact) mass is 396 g/mol. The van der Waals surface area contributed by atoms with Gasteiger partial charge in [0.05, 0.1) is 0 Å². The second-order valence-electron chi connectivity index (χ2n) is 6.10. The zero-order valence-electron chi connectivity index (χ0n) is 14.2. The molecule has 0 spiro atoms. The molecule has 1 aliphatic rings. The van der Waals surface area contributed by atoms with Gasteiger partial charge in [-0.3, -0.25) is 4.90 Å². The third-order valence-electron chi connectivity index (χ3n) is 4.25. The highest BCUT2D eigenvalue weighted by Gasteiger charge is 2.24. The number of rotatable bonds is 5. The van der Waals surface area contributed by atoms with E-state index in [1.807, 2.05) is 23.0 Å². The molecule has 0 atom stereocenters. The van der Waals surface area contributed by atoms with E-state index in [0.29, 0.717) is 43.0 Å². The highest BCUT2D eigenvalue weighted by molar-refractivity contribution is 6.30. The van der Waals surface area contributed by atoms with E-state index in [2.05, 4.69) is 0 Å². The van der Waals surface area contributed by atoms with Crippen LogP contribution in [0.25, 0.3) is 0 Å². The van der Waals surface area contributed by atoms with Crippen LogP contribution in [0.15, 0.2) is 42.1 Å². The number of ether oxygens (including phenoxy) is 1. The lowest BCUT2D eigenvalue weighted by Gasteiger charge is -2.36. The maximum atomic E-state index is 13.7. The molecule has 0 amide bonds. The Morgan fingerprint density at radius 2 is 1.74 bits per heavy atom. The first-order chi connectivity index (χ1) is 13.0. The fraction of sp³-hybridized carbons (Fsp3) is 0.263. The van der Waals surface area contributed by atoms with Gasteiger partial charge in [0.2, 0.25) is 5.82 Å². The quantitative estimate of drug-likeness (QED) is 0.571. The summed E-state index contributed by atoms with van der Waals surface area (Å²) in [6.07, 6.45) is 0. The molecule has 142 valence electrons. The Labute approximate surface area is 159 Å². The number of hydrogen-bond donors (Lipinski definition) is 0. The van der Waals surface area contributed by atoms with Crippen molar-refractivity contribution in [2.24, 2.45) is 0 Å². The van der Waals surface area contributed by atoms with E-state index in [1.165, 1.54) is 4.90 Å². The summed E-state index contributed by atoms with van der Waals surface area (Å²) in [5, 5.41) is 0.644. The zero-order valence-corrected chi connectivity index (χ0v) is 15.0. The van der Waals surface area contributed by atoms with Crippen LogP contribution in [0.1, 0.15) is 5.56 Å². The van der Waals surface area contributed by atoms with Crippen LogP contribution >= 0.6 is 11.6 Å². The van der Waals surface area contributed by atoms with E-state index in [0.717, 1.165) is 11.6 Å². The van der Waals surface area contributed by atoms with Crippen molar-refractivity contribution in [3.8, 4) is 5.75 Å². The van der Waals surface area contributed by atoms with Crippen molar-refractivity contribution >= 4 is 17.5 Å². The summed E-state index contributed by atoms with van der Waals surface area (Å²) < 4.78 is 45.6. The van der Waals surface area contributed by atoms with E-state index in [1.54, 1.807) is 12.1 Å². The minimum absolute atomic E-state index is 0.281. The molecule has 1 heterocycles. The smallest absolute Gasteiger partial charge is 0.203 e. The van der Waals surface area contributed by atoms with Crippen LogP contribution in [-0.2, 0) is 11.3 Å². The zero-order chi connectivity index (χ0) is 19.4. The number of nitrogens with zero attached hydrogens (tertiary/aromatic N) is 2. The Hall–Kier alpha value is -2.47. The van der Waals surface area contributed by atoms with Crippen molar-refractivity contribution in [2.75, 3.05) is 26.4 Å². The van der Waals surface area contributed by atoms with Crippen LogP contribution in [-0.4, -0.2) is 42.1 Å². The molecule has 3 rings (SSSR count). The Morgan fingerprint density at radius 1 is 1.04 bits per heavy atom. The van der Waals surface area contributed by atoms with Crippen molar-refractivity contribution in [1.82, 2.24) is 9.80 Å². The molecule has 0 aromatic heterocycles. The van der Waals surface area contributed by atoms with Crippen LogP contribution in [0, 0.1) is 17.5 Å². The third kappa shape index (κ3) is 4.63. The van der Waals surface area contributed by atoms with Crippen molar-refractivity contribution in [3.05, 3.63) is 70.1 Å². The largest absolute Gasteiger partial charge is 0.467 e. The van der Waals surface area contributed by atoms with E-state index >= 15 is 0 Å². The van der Waals surface area contributed by atoms with Crippen LogP contribution in [0.5, 0.6) is 5.75 Å². The van der Waals surface area contributed by atoms with E-state index < -0.39 is 23.2 Å². The van der Waals surface area contributed by atoms with Gasteiger partial charge in [-0.1, -0.05) is 23.7 Å². The van der Waals surface area contributed by atoms with Gasteiger partial charge in [0.15, 0.2) is 24.1 Å². The van der Waals surface area contributed by atoms with Gasteiger partial charge in [0.25, 0.3) is 0 Å². The Balaban J connectivity index is 1.62. The SMILES string of the molecule is O=C=C1CN(Cc2ccc(Cl)cc2)CCN1COc1c(F)ccc(F)c1F. The van der Waals surface area contributed by atoms with E-state index in [4.69, 9.17) is 16.3 Å². The average Bonchev–Trinajstić information content (AvgIpc) is 2.67. The summed E-state index contributed by atoms with van der Waals surface area (Å²) in [5.41, 5.74) is 1.34. The number of carbonyl (C=O) groups excluding carboxylic acids is 1. The second kappa shape index (κ2) is 8.48. The molecule has 2 aromatic carbocycles. The number of benzene rings is 2. The lowest BCUT2D eigenvalue weighted by Crippen LogP contribution is -2.45. The molecule has 0 bridgehead atoms. The molecule has 0 unspecified atom stereocenters. The molecule has 1 saturated heterocycles. The first kappa shape index (κ1) is 19.3. The molecule has 8 heteroatoms. The highest BCUT2D eigenvalue weighted by Crippen LogP contribution is 2.24. The van der Waals surface area contributed by atoms with Gasteiger partial charge in [0, 0.05) is 31.2 Å². The summed E-state index contributed by atoms with van der Waals surface area (Å²) in [4.78, 5) is 14.9. The third-order valence-corrected chi connectivity index (χ3v) is 4.50. The Morgan fingerprint density at radius 3 is 2.44 bits per heavy atom.